The number of aliphatic hydroxyl groups is 5. The summed E-state index contributed by atoms with van der Waals surface area (Å²) in [6.45, 7) is 5.76. The number of aliphatic hydroxyl groups excluding tert-OH is 5. The Balaban J connectivity index is 2.60. The largest absolute Gasteiger partial charge is 0.454 e. The monoisotopic (exact) mass is 1130 g/mol. The fourth-order valence-electron chi connectivity index (χ4n) is 10.3. The molecule has 0 aromatic carbocycles. The van der Waals surface area contributed by atoms with Crippen molar-refractivity contribution in [1.82, 2.24) is 5.32 Å². The fourth-order valence-corrected chi connectivity index (χ4v) is 10.3. The Bertz CT molecular complexity index is 1530. The Morgan fingerprint density at radius 1 is 0.487 bits per heavy atom. The van der Waals surface area contributed by atoms with E-state index in [1.54, 1.807) is 6.08 Å². The van der Waals surface area contributed by atoms with Gasteiger partial charge in [-0.25, -0.2) is 0 Å². The lowest BCUT2D eigenvalue weighted by Gasteiger charge is -2.41. The molecular formula is C69H125NO10. The van der Waals surface area contributed by atoms with Gasteiger partial charge in [0, 0.05) is 6.42 Å². The lowest BCUT2D eigenvalue weighted by atomic mass is 9.99. The molecule has 11 heteroatoms. The van der Waals surface area contributed by atoms with Gasteiger partial charge in [-0.15, -0.1) is 0 Å². The summed E-state index contributed by atoms with van der Waals surface area (Å²) in [5.74, 6) is -1.20. The second-order valence-electron chi connectivity index (χ2n) is 23.2. The summed E-state index contributed by atoms with van der Waals surface area (Å²) in [5, 5.41) is 57.1. The molecule has 6 N–H and O–H groups in total. The highest BCUT2D eigenvalue weighted by molar-refractivity contribution is 5.80. The van der Waals surface area contributed by atoms with Crippen LogP contribution < -0.4 is 5.32 Å². The van der Waals surface area contributed by atoms with Gasteiger partial charge in [0.15, 0.2) is 12.4 Å². The zero-order valence-corrected chi connectivity index (χ0v) is 51.7. The number of carbonyl (C=O) groups excluding carboxylic acids is 2. The third-order valence-electron chi connectivity index (χ3n) is 15.6. The van der Waals surface area contributed by atoms with E-state index in [9.17, 15) is 35.1 Å². The molecule has 0 spiro atoms. The number of amides is 1. The molecule has 1 heterocycles. The van der Waals surface area contributed by atoms with Crippen molar-refractivity contribution in [2.45, 2.75) is 352 Å². The van der Waals surface area contributed by atoms with E-state index in [1.165, 1.54) is 167 Å². The van der Waals surface area contributed by atoms with Gasteiger partial charge in [0.2, 0.25) is 5.91 Å². The Labute approximate surface area is 490 Å². The molecule has 11 nitrogen and oxygen atoms in total. The Hall–Kier alpha value is -2.64. The maximum Gasteiger partial charge on any atom is 0.306 e. The van der Waals surface area contributed by atoms with Crippen molar-refractivity contribution in [2.24, 2.45) is 0 Å². The van der Waals surface area contributed by atoms with E-state index in [4.69, 9.17) is 14.2 Å². The smallest absolute Gasteiger partial charge is 0.306 e. The second-order valence-corrected chi connectivity index (χ2v) is 23.2. The topological polar surface area (TPSA) is 175 Å². The quantitative estimate of drug-likeness (QED) is 0.0195. The first-order valence-electron chi connectivity index (χ1n) is 33.6. The highest BCUT2D eigenvalue weighted by Crippen LogP contribution is 2.26. The zero-order valence-electron chi connectivity index (χ0n) is 51.7. The van der Waals surface area contributed by atoms with Crippen molar-refractivity contribution in [3.8, 4) is 0 Å². The molecule has 1 saturated heterocycles. The summed E-state index contributed by atoms with van der Waals surface area (Å²) in [4.78, 5) is 26.6. The van der Waals surface area contributed by atoms with Crippen molar-refractivity contribution in [1.29, 1.82) is 0 Å². The van der Waals surface area contributed by atoms with Crippen LogP contribution in [0.2, 0.25) is 0 Å². The van der Waals surface area contributed by atoms with Crippen LogP contribution in [0.25, 0.3) is 0 Å². The van der Waals surface area contributed by atoms with Gasteiger partial charge in [-0.2, -0.15) is 0 Å². The van der Waals surface area contributed by atoms with Gasteiger partial charge in [0.1, 0.15) is 24.4 Å². The van der Waals surface area contributed by atoms with Crippen molar-refractivity contribution >= 4 is 11.9 Å². The summed E-state index contributed by atoms with van der Waals surface area (Å²) in [6, 6.07) is -1.03. The molecule has 1 aliphatic rings. The average molecular weight is 1130 g/mol. The number of esters is 1. The minimum atomic E-state index is -1.62. The highest BCUT2D eigenvalue weighted by Gasteiger charge is 2.47. The van der Waals surface area contributed by atoms with E-state index >= 15 is 0 Å². The molecule has 80 heavy (non-hydrogen) atoms. The van der Waals surface area contributed by atoms with E-state index < -0.39 is 67.4 Å². The molecule has 8 atom stereocenters. The molecule has 1 aliphatic heterocycles. The number of rotatable bonds is 57. The minimum absolute atomic E-state index is 0.122. The van der Waals surface area contributed by atoms with Gasteiger partial charge in [-0.1, -0.05) is 268 Å². The summed E-state index contributed by atoms with van der Waals surface area (Å²) in [5.41, 5.74) is 0. The van der Waals surface area contributed by atoms with E-state index in [0.29, 0.717) is 12.8 Å². The molecular weight excluding hydrogens is 1000 g/mol. The summed E-state index contributed by atoms with van der Waals surface area (Å²) >= 11 is 0. The number of nitrogens with one attached hydrogen (secondary N) is 1. The SMILES string of the molecule is CCCCC/C=C\C/C=C\CCCCCCCCCCCCCCCC(=O)OC1C(OCC(NC(=O)C(O)CCCCCCCC/C=C\C/C=C\CCCCC)C(O)/C=C/CCCCCCCCCCCC)OC(CO)C(O)C1O. The van der Waals surface area contributed by atoms with Gasteiger partial charge in [0.25, 0.3) is 0 Å². The third kappa shape index (κ3) is 44.0. The zero-order chi connectivity index (χ0) is 58.2. The van der Waals surface area contributed by atoms with Crippen LogP contribution in [0.1, 0.15) is 303 Å². The summed E-state index contributed by atoms with van der Waals surface area (Å²) in [7, 11) is 0. The van der Waals surface area contributed by atoms with Gasteiger partial charge < -0.3 is 45.1 Å². The number of hydrogen-bond acceptors (Lipinski definition) is 10. The Morgan fingerprint density at radius 3 is 1.30 bits per heavy atom. The first-order chi connectivity index (χ1) is 39.2. The van der Waals surface area contributed by atoms with Crippen LogP contribution in [0.3, 0.4) is 0 Å². The maximum absolute atomic E-state index is 13.4. The first kappa shape index (κ1) is 75.4. The predicted octanol–water partition coefficient (Wildman–Crippen LogP) is 16.6. The number of carbonyl (C=O) groups is 2. The predicted molar refractivity (Wildman–Crippen MR) is 333 cm³/mol. The molecule has 0 aromatic heterocycles. The molecule has 0 saturated carbocycles. The van der Waals surface area contributed by atoms with Crippen LogP contribution in [0.4, 0.5) is 0 Å². The van der Waals surface area contributed by atoms with Crippen molar-refractivity contribution in [3.05, 3.63) is 60.8 Å². The number of unbranched alkanes of at least 4 members (excludes halogenated alkanes) is 35. The molecule has 466 valence electrons. The lowest BCUT2D eigenvalue weighted by molar-refractivity contribution is -0.305. The molecule has 1 fully saturated rings. The van der Waals surface area contributed by atoms with Crippen LogP contribution in [0.5, 0.6) is 0 Å². The molecule has 1 rings (SSSR count). The molecule has 8 unspecified atom stereocenters. The Kier molecular flexibility index (Phi) is 53.5. The molecule has 1 amide bonds. The van der Waals surface area contributed by atoms with Crippen LogP contribution in [0.15, 0.2) is 60.8 Å². The summed E-state index contributed by atoms with van der Waals surface area (Å²) < 4.78 is 17.7. The number of allylic oxidation sites excluding steroid dienone is 9. The molecule has 0 aliphatic carbocycles. The number of hydrogen-bond donors (Lipinski definition) is 6. The van der Waals surface area contributed by atoms with Gasteiger partial charge in [0.05, 0.1) is 25.4 Å². The number of ether oxygens (including phenoxy) is 3. The van der Waals surface area contributed by atoms with Crippen molar-refractivity contribution in [2.75, 3.05) is 13.2 Å². The van der Waals surface area contributed by atoms with Gasteiger partial charge in [-0.05, 0) is 89.9 Å². The minimum Gasteiger partial charge on any atom is -0.454 e. The van der Waals surface area contributed by atoms with E-state index in [0.717, 1.165) is 89.9 Å². The first-order valence-corrected chi connectivity index (χ1v) is 33.6. The molecule has 0 radical (unpaired) electrons. The van der Waals surface area contributed by atoms with Crippen LogP contribution in [-0.4, -0.2) is 99.6 Å². The fraction of sp³-hybridized carbons (Fsp3) is 0.826. The highest BCUT2D eigenvalue weighted by atomic mass is 16.7. The standard InChI is InChI=1S/C69H125NO10/c1-4-7-10-13-16-19-22-25-27-29-30-31-32-33-34-35-37-39-42-45-48-51-54-57-64(74)80-67-66(76)65(75)63(58-71)79-69(67)78-59-60(61(72)55-52-49-46-43-40-24-21-18-15-12-9-6-3)70-68(77)62(73)56-53-50-47-44-41-38-36-28-26-23-20-17-14-11-8-5-2/h16-17,19-20,25-28,52,55,60-63,65-67,69,71-73,75-76H,4-15,18,21-24,29-51,53-54,56-59H2,1-3H3,(H,70,77)/b19-16-,20-17-,27-25-,28-26-,55-52+. The van der Waals surface area contributed by atoms with Crippen molar-refractivity contribution in [3.63, 3.8) is 0 Å². The van der Waals surface area contributed by atoms with E-state index in [2.05, 4.69) is 74.7 Å². The third-order valence-corrected chi connectivity index (χ3v) is 15.6. The maximum atomic E-state index is 13.4. The van der Waals surface area contributed by atoms with Gasteiger partial charge in [-0.3, -0.25) is 9.59 Å². The normalized spacial score (nSPS) is 19.1. The Morgan fingerprint density at radius 2 is 0.863 bits per heavy atom. The van der Waals surface area contributed by atoms with E-state index in [-0.39, 0.29) is 19.4 Å². The van der Waals surface area contributed by atoms with Crippen molar-refractivity contribution < 1.29 is 49.3 Å². The molecule has 0 bridgehead atoms. The second kappa shape index (κ2) is 56.8. The molecule has 0 aromatic rings. The van der Waals surface area contributed by atoms with Crippen LogP contribution in [0, 0.1) is 0 Å². The van der Waals surface area contributed by atoms with Crippen LogP contribution >= 0.6 is 0 Å². The average Bonchev–Trinajstić information content (AvgIpc) is 3.48. The van der Waals surface area contributed by atoms with Gasteiger partial charge >= 0.3 is 5.97 Å². The van der Waals surface area contributed by atoms with Crippen LogP contribution in [-0.2, 0) is 23.8 Å². The lowest BCUT2D eigenvalue weighted by Crippen LogP contribution is -2.61. The summed E-state index contributed by atoms with van der Waals surface area (Å²) in [6.07, 6.45) is 61.1. The van der Waals surface area contributed by atoms with E-state index in [1.807, 2.05) is 6.08 Å².